The van der Waals surface area contributed by atoms with E-state index in [0.29, 0.717) is 5.56 Å². The van der Waals surface area contributed by atoms with E-state index in [1.54, 1.807) is 6.07 Å². The Bertz CT molecular complexity index is 831. The number of hydrogen-bond donors (Lipinski definition) is 0. The predicted molar refractivity (Wildman–Crippen MR) is 106 cm³/mol. The molecule has 0 bridgehead atoms. The molecule has 1 aliphatic rings. The van der Waals surface area contributed by atoms with Gasteiger partial charge >= 0.3 is 5.97 Å². The van der Waals surface area contributed by atoms with Gasteiger partial charge in [-0.3, -0.25) is 9.78 Å². The second-order valence-corrected chi connectivity index (χ2v) is 7.49. The molecule has 2 heterocycles. The summed E-state index contributed by atoms with van der Waals surface area (Å²) in [5, 5.41) is 0.753. The number of carbonyl (C=O) groups excluding carboxylic acids is 2. The lowest BCUT2D eigenvalue weighted by Crippen LogP contribution is -2.45. The molecule has 0 saturated carbocycles. The molecule has 1 atom stereocenters. The molecule has 1 unspecified atom stereocenters. The van der Waals surface area contributed by atoms with E-state index in [2.05, 4.69) is 11.9 Å². The monoisotopic (exact) mass is 368 g/mol. The van der Waals surface area contributed by atoms with Crippen molar-refractivity contribution in [3.05, 3.63) is 41.6 Å². The molecule has 2 aromatic rings. The molecule has 27 heavy (non-hydrogen) atoms. The highest BCUT2D eigenvalue weighted by atomic mass is 16.5. The third kappa shape index (κ3) is 4.29. The van der Waals surface area contributed by atoms with Crippen LogP contribution in [0.2, 0.25) is 0 Å². The Hall–Kier alpha value is -2.43. The molecule has 1 fully saturated rings. The Morgan fingerprint density at radius 3 is 2.78 bits per heavy atom. The Morgan fingerprint density at radius 1 is 1.26 bits per heavy atom. The molecule has 0 spiro atoms. The molecule has 1 saturated heterocycles. The van der Waals surface area contributed by atoms with Gasteiger partial charge in [0.1, 0.15) is 0 Å². The first-order valence-corrected chi connectivity index (χ1v) is 9.87. The molecule has 144 valence electrons. The van der Waals surface area contributed by atoms with Gasteiger partial charge in [-0.15, -0.1) is 0 Å². The number of amides is 1. The number of hydrogen-bond acceptors (Lipinski definition) is 4. The van der Waals surface area contributed by atoms with Gasteiger partial charge in [-0.05, 0) is 43.7 Å². The summed E-state index contributed by atoms with van der Waals surface area (Å²) in [7, 11) is 0. The molecule has 0 N–H and O–H groups in total. The topological polar surface area (TPSA) is 59.5 Å². The number of ether oxygens (including phenoxy) is 1. The minimum Gasteiger partial charge on any atom is -0.452 e. The molecule has 0 aliphatic carbocycles. The van der Waals surface area contributed by atoms with E-state index in [1.807, 2.05) is 43.0 Å². The van der Waals surface area contributed by atoms with Crippen LogP contribution in [0, 0.1) is 0 Å². The van der Waals surface area contributed by atoms with Gasteiger partial charge in [0.25, 0.3) is 5.91 Å². The minimum absolute atomic E-state index is 0.0997. The van der Waals surface area contributed by atoms with Gasteiger partial charge < -0.3 is 9.64 Å². The zero-order valence-corrected chi connectivity index (χ0v) is 16.4. The summed E-state index contributed by atoms with van der Waals surface area (Å²) in [6.45, 7) is 6.72. The van der Waals surface area contributed by atoms with Crippen molar-refractivity contribution in [2.24, 2.45) is 0 Å². The number of rotatable bonds is 5. The smallest absolute Gasteiger partial charge is 0.339 e. The van der Waals surface area contributed by atoms with Gasteiger partial charge in [0.2, 0.25) is 0 Å². The first kappa shape index (κ1) is 19.3. The number of carbonyl (C=O) groups is 2. The van der Waals surface area contributed by atoms with Crippen LogP contribution in [0.4, 0.5) is 0 Å². The van der Waals surface area contributed by atoms with Crippen LogP contribution >= 0.6 is 0 Å². The Labute approximate surface area is 160 Å². The summed E-state index contributed by atoms with van der Waals surface area (Å²) < 4.78 is 5.42. The quantitative estimate of drug-likeness (QED) is 0.738. The second kappa shape index (κ2) is 8.51. The van der Waals surface area contributed by atoms with Crippen molar-refractivity contribution < 1.29 is 14.3 Å². The van der Waals surface area contributed by atoms with Crippen molar-refractivity contribution in [3.8, 4) is 0 Å². The third-order valence-corrected chi connectivity index (χ3v) is 5.29. The maximum Gasteiger partial charge on any atom is 0.339 e. The van der Waals surface area contributed by atoms with E-state index in [-0.39, 0.29) is 24.5 Å². The molecule has 1 aromatic carbocycles. The van der Waals surface area contributed by atoms with Crippen LogP contribution in [0.15, 0.2) is 30.3 Å². The van der Waals surface area contributed by atoms with E-state index >= 15 is 0 Å². The summed E-state index contributed by atoms with van der Waals surface area (Å²) >= 11 is 0. The van der Waals surface area contributed by atoms with Crippen molar-refractivity contribution in [2.75, 3.05) is 13.2 Å². The van der Waals surface area contributed by atoms with Crippen molar-refractivity contribution in [1.29, 1.82) is 0 Å². The number of nitrogens with zero attached hydrogens (tertiary/aromatic N) is 2. The molecule has 3 rings (SSSR count). The molecule has 5 heteroatoms. The van der Waals surface area contributed by atoms with Crippen LogP contribution in [0.5, 0.6) is 0 Å². The summed E-state index contributed by atoms with van der Waals surface area (Å²) in [5.41, 5.74) is 2.08. The fourth-order valence-electron chi connectivity index (χ4n) is 3.70. The fourth-order valence-corrected chi connectivity index (χ4v) is 3.70. The number of aromatic nitrogens is 1. The zero-order chi connectivity index (χ0) is 19.4. The number of fused-ring (bicyclic) bond motifs is 1. The van der Waals surface area contributed by atoms with Gasteiger partial charge in [-0.25, -0.2) is 4.79 Å². The second-order valence-electron chi connectivity index (χ2n) is 7.49. The van der Waals surface area contributed by atoms with E-state index in [9.17, 15) is 9.59 Å². The first-order valence-electron chi connectivity index (χ1n) is 9.87. The molecule has 0 radical (unpaired) electrons. The average Bonchev–Trinajstić information content (AvgIpc) is 2.70. The van der Waals surface area contributed by atoms with E-state index in [4.69, 9.17) is 4.74 Å². The van der Waals surface area contributed by atoms with Crippen molar-refractivity contribution in [2.45, 2.75) is 58.4 Å². The Kier molecular flexibility index (Phi) is 6.09. The molecule has 1 amide bonds. The highest BCUT2D eigenvalue weighted by Gasteiger charge is 2.26. The van der Waals surface area contributed by atoms with Crippen molar-refractivity contribution >= 4 is 22.8 Å². The number of benzene rings is 1. The van der Waals surface area contributed by atoms with E-state index in [1.165, 1.54) is 0 Å². The van der Waals surface area contributed by atoms with Gasteiger partial charge in [0, 0.05) is 23.7 Å². The predicted octanol–water partition coefficient (Wildman–Crippen LogP) is 4.31. The maximum atomic E-state index is 12.8. The average molecular weight is 368 g/mol. The lowest BCUT2D eigenvalue weighted by Gasteiger charge is -2.35. The van der Waals surface area contributed by atoms with Crippen LogP contribution in [0.25, 0.3) is 10.9 Å². The molecular weight excluding hydrogens is 340 g/mol. The summed E-state index contributed by atoms with van der Waals surface area (Å²) in [6, 6.07) is 9.58. The van der Waals surface area contributed by atoms with Crippen LogP contribution in [-0.4, -0.2) is 41.0 Å². The van der Waals surface area contributed by atoms with Gasteiger partial charge in [0.05, 0.1) is 11.1 Å². The molecule has 1 aromatic heterocycles. The Balaban J connectivity index is 1.77. The SMILES string of the molecule is CCC1CCCCN1C(=O)COC(=O)c1cc(C(C)C)nc2ccccc12. The third-order valence-electron chi connectivity index (χ3n) is 5.29. The lowest BCUT2D eigenvalue weighted by atomic mass is 10.00. The molecular formula is C22H28N2O3. The first-order chi connectivity index (χ1) is 13.0. The number of pyridine rings is 1. The number of para-hydroxylation sites is 1. The normalized spacial score (nSPS) is 17.3. The van der Waals surface area contributed by atoms with Crippen molar-refractivity contribution in [3.63, 3.8) is 0 Å². The Morgan fingerprint density at radius 2 is 2.04 bits per heavy atom. The summed E-state index contributed by atoms with van der Waals surface area (Å²) in [4.78, 5) is 31.8. The maximum absolute atomic E-state index is 12.8. The highest BCUT2D eigenvalue weighted by Crippen LogP contribution is 2.24. The standard InChI is InChI=1S/C22H28N2O3/c1-4-16-9-7-8-12-24(16)21(25)14-27-22(26)18-13-20(15(2)3)23-19-11-6-5-10-17(18)19/h5-6,10-11,13,15-16H,4,7-9,12,14H2,1-3H3. The zero-order valence-electron chi connectivity index (χ0n) is 16.4. The number of esters is 1. The van der Waals surface area contributed by atoms with E-state index in [0.717, 1.165) is 48.8 Å². The number of likely N-dealkylation sites (tertiary alicyclic amines) is 1. The van der Waals surface area contributed by atoms with Crippen LogP contribution in [-0.2, 0) is 9.53 Å². The lowest BCUT2D eigenvalue weighted by molar-refractivity contribution is -0.138. The van der Waals surface area contributed by atoms with E-state index < -0.39 is 5.97 Å². The largest absolute Gasteiger partial charge is 0.452 e. The van der Waals surface area contributed by atoms with Crippen LogP contribution in [0.3, 0.4) is 0 Å². The van der Waals surface area contributed by atoms with Gasteiger partial charge in [0.15, 0.2) is 6.61 Å². The van der Waals surface area contributed by atoms with Crippen LogP contribution in [0.1, 0.15) is 68.4 Å². The van der Waals surface area contributed by atoms with Gasteiger partial charge in [-0.1, -0.05) is 39.0 Å². The van der Waals surface area contributed by atoms with Crippen molar-refractivity contribution in [1.82, 2.24) is 9.88 Å². The van der Waals surface area contributed by atoms with Gasteiger partial charge in [-0.2, -0.15) is 0 Å². The molecule has 1 aliphatic heterocycles. The fraction of sp³-hybridized carbons (Fsp3) is 0.500. The molecule has 5 nitrogen and oxygen atoms in total. The minimum atomic E-state index is -0.464. The number of piperidine rings is 1. The van der Waals surface area contributed by atoms with Crippen LogP contribution < -0.4 is 0 Å². The summed E-state index contributed by atoms with van der Waals surface area (Å²) in [6.07, 6.45) is 4.14. The summed E-state index contributed by atoms with van der Waals surface area (Å²) in [5.74, 6) is -0.368. The highest BCUT2D eigenvalue weighted by molar-refractivity contribution is 6.04.